The Labute approximate surface area is 198 Å². The van der Waals surface area contributed by atoms with Crippen molar-refractivity contribution in [3.05, 3.63) is 114 Å². The molecule has 0 spiro atoms. The van der Waals surface area contributed by atoms with Crippen LogP contribution in [0.4, 0.5) is 9.52 Å². The van der Waals surface area contributed by atoms with Crippen LogP contribution >= 0.6 is 11.3 Å². The quantitative estimate of drug-likeness (QED) is 0.306. The molecule has 3 aromatic carbocycles. The maximum absolute atomic E-state index is 14.3. The van der Waals surface area contributed by atoms with Crippen LogP contribution in [0.1, 0.15) is 26.3 Å². The molecule has 5 rings (SSSR count). The van der Waals surface area contributed by atoms with Gasteiger partial charge in [0, 0.05) is 35.6 Å². The number of ketones is 1. The second-order valence-corrected chi connectivity index (χ2v) is 8.59. The lowest BCUT2D eigenvalue weighted by molar-refractivity contribution is 0.0983. The summed E-state index contributed by atoms with van der Waals surface area (Å²) in [6, 6.07) is 22.1. The number of carbonyl (C=O) groups excluding carboxylic acids is 2. The van der Waals surface area contributed by atoms with Crippen molar-refractivity contribution in [2.75, 3.05) is 11.4 Å². The molecule has 0 saturated carbocycles. The van der Waals surface area contributed by atoms with Gasteiger partial charge in [0.05, 0.1) is 11.2 Å². The van der Waals surface area contributed by atoms with Crippen molar-refractivity contribution < 1.29 is 14.0 Å². The van der Waals surface area contributed by atoms with Crippen LogP contribution in [0.2, 0.25) is 0 Å². The van der Waals surface area contributed by atoms with Gasteiger partial charge in [0.25, 0.3) is 5.91 Å². The number of thiazole rings is 1. The van der Waals surface area contributed by atoms with Crippen molar-refractivity contribution in [1.29, 1.82) is 0 Å². The highest BCUT2D eigenvalue weighted by Crippen LogP contribution is 2.31. The molecule has 0 atom stereocenters. The summed E-state index contributed by atoms with van der Waals surface area (Å²) < 4.78 is 16.6. The average molecular weight is 471 g/mol. The molecule has 0 aliphatic heterocycles. The van der Waals surface area contributed by atoms with Gasteiger partial charge >= 0.3 is 0 Å². The summed E-state index contributed by atoms with van der Waals surface area (Å²) >= 11 is 1.26. The van der Waals surface area contributed by atoms with Crippen LogP contribution < -0.4 is 4.90 Å². The Hall–Kier alpha value is -4.17. The molecule has 0 bridgehead atoms. The van der Waals surface area contributed by atoms with E-state index in [1.165, 1.54) is 22.3 Å². The van der Waals surface area contributed by atoms with E-state index in [1.807, 2.05) is 30.5 Å². The number of nitrogens with zero attached hydrogens (tertiary/aromatic N) is 4. The van der Waals surface area contributed by atoms with Gasteiger partial charge in [-0.3, -0.25) is 19.2 Å². The van der Waals surface area contributed by atoms with Crippen molar-refractivity contribution in [3.63, 3.8) is 0 Å². The molecular formula is C26H19FN4O2S. The fourth-order valence-corrected chi connectivity index (χ4v) is 4.62. The Kier molecular flexibility index (Phi) is 5.97. The minimum atomic E-state index is -0.428. The van der Waals surface area contributed by atoms with E-state index in [-0.39, 0.29) is 17.2 Å². The number of amides is 1. The van der Waals surface area contributed by atoms with Crippen LogP contribution in [0.15, 0.2) is 91.3 Å². The Bertz CT molecular complexity index is 1450. The molecule has 0 fully saturated rings. The largest absolute Gasteiger partial charge is 0.289 e. The number of fused-ring (bicyclic) bond motifs is 1. The molecule has 0 N–H and O–H groups in total. The number of rotatable bonds is 7. The predicted molar refractivity (Wildman–Crippen MR) is 130 cm³/mol. The van der Waals surface area contributed by atoms with Gasteiger partial charge in [-0.15, -0.1) is 0 Å². The number of halogens is 1. The van der Waals surface area contributed by atoms with Crippen LogP contribution in [-0.2, 0) is 6.54 Å². The summed E-state index contributed by atoms with van der Waals surface area (Å²) in [7, 11) is 0. The molecule has 6 nitrogen and oxygen atoms in total. The van der Waals surface area contributed by atoms with Gasteiger partial charge in [0.15, 0.2) is 10.9 Å². The minimum Gasteiger partial charge on any atom is -0.289 e. The molecule has 0 unspecified atom stereocenters. The van der Waals surface area contributed by atoms with Crippen LogP contribution in [0, 0.1) is 5.82 Å². The minimum absolute atomic E-state index is 0.114. The second-order valence-electron chi connectivity index (χ2n) is 7.58. The zero-order valence-electron chi connectivity index (χ0n) is 18.0. The van der Waals surface area contributed by atoms with E-state index >= 15 is 0 Å². The van der Waals surface area contributed by atoms with Crippen molar-refractivity contribution in [2.24, 2.45) is 0 Å². The SMILES string of the molecule is O=C(c1ccccc1)c1ccc(C(=O)N(CCn2cccn2)c2nc3c(F)cccc3s2)cc1. The Morgan fingerprint density at radius 3 is 2.32 bits per heavy atom. The van der Waals surface area contributed by atoms with Crippen LogP contribution in [0.5, 0.6) is 0 Å². The molecule has 0 radical (unpaired) electrons. The first-order chi connectivity index (χ1) is 16.6. The van der Waals surface area contributed by atoms with Crippen molar-refractivity contribution >= 4 is 38.4 Å². The number of hydrogen-bond donors (Lipinski definition) is 0. The molecular weight excluding hydrogens is 451 g/mol. The number of carbonyl (C=O) groups is 2. The van der Waals surface area contributed by atoms with E-state index < -0.39 is 5.82 Å². The fraction of sp³-hybridized carbons (Fsp3) is 0.0769. The van der Waals surface area contributed by atoms with Gasteiger partial charge in [-0.05, 0) is 30.3 Å². The van der Waals surface area contributed by atoms with E-state index in [0.717, 1.165) is 0 Å². The lowest BCUT2D eigenvalue weighted by Gasteiger charge is -2.20. The fourth-order valence-electron chi connectivity index (χ4n) is 3.61. The predicted octanol–water partition coefficient (Wildman–Crippen LogP) is 5.21. The highest BCUT2D eigenvalue weighted by Gasteiger charge is 2.22. The third-order valence-corrected chi connectivity index (χ3v) is 6.42. The van der Waals surface area contributed by atoms with Gasteiger partial charge in [-0.25, -0.2) is 9.37 Å². The van der Waals surface area contributed by atoms with Crippen molar-refractivity contribution in [3.8, 4) is 0 Å². The average Bonchev–Trinajstić information content (AvgIpc) is 3.55. The molecule has 2 heterocycles. The standard InChI is InChI=1S/C26H19FN4O2S/c27-21-8-4-9-22-23(21)29-26(34-22)31(17-16-30-15-5-14-28-30)25(33)20-12-10-19(11-13-20)24(32)18-6-2-1-3-7-18/h1-15H,16-17H2. The zero-order valence-corrected chi connectivity index (χ0v) is 18.8. The molecule has 2 aromatic heterocycles. The van der Waals surface area contributed by atoms with Crippen molar-refractivity contribution in [1.82, 2.24) is 14.8 Å². The molecule has 0 aliphatic carbocycles. The number of anilines is 1. The van der Waals surface area contributed by atoms with E-state index in [4.69, 9.17) is 0 Å². The summed E-state index contributed by atoms with van der Waals surface area (Å²) in [5.41, 5.74) is 1.72. The summed E-state index contributed by atoms with van der Waals surface area (Å²) in [6.45, 7) is 0.744. The highest BCUT2D eigenvalue weighted by atomic mass is 32.1. The smallest absolute Gasteiger partial charge is 0.260 e. The van der Waals surface area contributed by atoms with Gasteiger partial charge < -0.3 is 0 Å². The molecule has 0 aliphatic rings. The lowest BCUT2D eigenvalue weighted by Crippen LogP contribution is -2.34. The maximum atomic E-state index is 14.3. The molecule has 1 amide bonds. The van der Waals surface area contributed by atoms with Gasteiger partial charge in [0.2, 0.25) is 0 Å². The summed E-state index contributed by atoms with van der Waals surface area (Å²) in [5.74, 6) is -0.828. The maximum Gasteiger partial charge on any atom is 0.260 e. The highest BCUT2D eigenvalue weighted by molar-refractivity contribution is 7.22. The first-order valence-electron chi connectivity index (χ1n) is 10.6. The van der Waals surface area contributed by atoms with E-state index in [9.17, 15) is 14.0 Å². The van der Waals surface area contributed by atoms with Gasteiger partial charge in [-0.2, -0.15) is 5.10 Å². The number of hydrogen-bond acceptors (Lipinski definition) is 5. The third kappa shape index (κ3) is 4.35. The first kappa shape index (κ1) is 21.7. The number of para-hydroxylation sites is 1. The van der Waals surface area contributed by atoms with E-state index in [2.05, 4.69) is 10.1 Å². The second kappa shape index (κ2) is 9.36. The Morgan fingerprint density at radius 2 is 1.62 bits per heavy atom. The monoisotopic (exact) mass is 470 g/mol. The third-order valence-electron chi connectivity index (χ3n) is 5.38. The number of aromatic nitrogens is 3. The lowest BCUT2D eigenvalue weighted by atomic mass is 10.0. The topological polar surface area (TPSA) is 68.1 Å². The van der Waals surface area contributed by atoms with Crippen LogP contribution in [0.3, 0.4) is 0 Å². The summed E-state index contributed by atoms with van der Waals surface area (Å²) in [4.78, 5) is 32.1. The molecule has 34 heavy (non-hydrogen) atoms. The molecule has 0 saturated heterocycles. The van der Waals surface area contributed by atoms with E-state index in [1.54, 1.807) is 59.4 Å². The molecule has 5 aromatic rings. The first-order valence-corrected chi connectivity index (χ1v) is 11.5. The Balaban J connectivity index is 1.44. The summed E-state index contributed by atoms with van der Waals surface area (Å²) in [5, 5.41) is 4.60. The van der Waals surface area contributed by atoms with Crippen LogP contribution in [0.25, 0.3) is 10.2 Å². The normalized spacial score (nSPS) is 11.0. The van der Waals surface area contributed by atoms with Gasteiger partial charge in [0.1, 0.15) is 11.3 Å². The summed E-state index contributed by atoms with van der Waals surface area (Å²) in [6.07, 6.45) is 3.48. The molecule has 8 heteroatoms. The molecule has 168 valence electrons. The van der Waals surface area contributed by atoms with Crippen LogP contribution in [-0.4, -0.2) is 33.0 Å². The number of benzene rings is 3. The van der Waals surface area contributed by atoms with Gasteiger partial charge in [-0.1, -0.05) is 59.9 Å². The Morgan fingerprint density at radius 1 is 0.882 bits per heavy atom. The zero-order chi connectivity index (χ0) is 23.5. The van der Waals surface area contributed by atoms with Crippen molar-refractivity contribution in [2.45, 2.75) is 6.54 Å². The van der Waals surface area contributed by atoms with E-state index in [0.29, 0.717) is 39.6 Å².